The van der Waals surface area contributed by atoms with Gasteiger partial charge in [-0.15, -0.1) is 0 Å². The number of amides is 3. The number of nitrogens with one attached hydrogen (secondary N) is 2. The maximum Gasteiger partial charge on any atom is 0.415 e. The molecule has 0 saturated carbocycles. The second-order valence-electron chi connectivity index (χ2n) is 6.98. The van der Waals surface area contributed by atoms with Gasteiger partial charge in [0.15, 0.2) is 0 Å². The van der Waals surface area contributed by atoms with Crippen molar-refractivity contribution in [3.05, 3.63) is 79.1 Å². The molecule has 0 aliphatic heterocycles. The van der Waals surface area contributed by atoms with Crippen LogP contribution in [-0.4, -0.2) is 38.6 Å². The SMILES string of the molecule is CCN(C(=O)O)C(=O)Nc1ccc2ncnc(Nc3ccc(-c4ccccc4)cc3)c2c1. The van der Waals surface area contributed by atoms with Crippen LogP contribution in [0.3, 0.4) is 0 Å². The molecule has 0 saturated heterocycles. The molecule has 0 atom stereocenters. The summed E-state index contributed by atoms with van der Waals surface area (Å²) in [5.41, 5.74) is 4.22. The Morgan fingerprint density at radius 2 is 1.59 bits per heavy atom. The number of urea groups is 1. The van der Waals surface area contributed by atoms with Crippen molar-refractivity contribution in [3.63, 3.8) is 0 Å². The van der Waals surface area contributed by atoms with Crippen LogP contribution < -0.4 is 10.6 Å². The van der Waals surface area contributed by atoms with E-state index >= 15 is 0 Å². The number of carbonyl (C=O) groups is 2. The highest BCUT2D eigenvalue weighted by molar-refractivity contribution is 6.01. The van der Waals surface area contributed by atoms with Gasteiger partial charge < -0.3 is 15.7 Å². The molecule has 0 spiro atoms. The van der Waals surface area contributed by atoms with Crippen LogP contribution in [0.5, 0.6) is 0 Å². The minimum Gasteiger partial charge on any atom is -0.465 e. The van der Waals surface area contributed by atoms with Crippen molar-refractivity contribution >= 4 is 40.2 Å². The number of hydrogen-bond donors (Lipinski definition) is 3. The van der Waals surface area contributed by atoms with Crippen LogP contribution in [0.2, 0.25) is 0 Å². The van der Waals surface area contributed by atoms with E-state index in [0.717, 1.165) is 16.8 Å². The molecule has 8 heteroatoms. The third-order valence-electron chi connectivity index (χ3n) is 4.93. The molecule has 0 radical (unpaired) electrons. The Morgan fingerprint density at radius 3 is 2.28 bits per heavy atom. The summed E-state index contributed by atoms with van der Waals surface area (Å²) in [6.07, 6.45) is 0.153. The van der Waals surface area contributed by atoms with E-state index in [4.69, 9.17) is 5.11 Å². The van der Waals surface area contributed by atoms with E-state index in [1.807, 2.05) is 42.5 Å². The fourth-order valence-electron chi connectivity index (χ4n) is 3.30. The zero-order valence-electron chi connectivity index (χ0n) is 17.3. The van der Waals surface area contributed by atoms with Crippen LogP contribution >= 0.6 is 0 Å². The first kappa shape index (κ1) is 20.8. The number of hydrogen-bond acceptors (Lipinski definition) is 5. The third kappa shape index (κ3) is 4.49. The number of carbonyl (C=O) groups excluding carboxylic acids is 1. The monoisotopic (exact) mass is 427 g/mol. The summed E-state index contributed by atoms with van der Waals surface area (Å²) in [6, 6.07) is 22.5. The highest BCUT2D eigenvalue weighted by Gasteiger charge is 2.18. The number of rotatable bonds is 5. The number of benzene rings is 3. The fourth-order valence-corrected chi connectivity index (χ4v) is 3.30. The predicted octanol–water partition coefficient (Wildman–Crippen LogP) is 5.57. The Hall–Kier alpha value is -4.46. The van der Waals surface area contributed by atoms with Gasteiger partial charge in [0.25, 0.3) is 0 Å². The number of nitrogens with zero attached hydrogens (tertiary/aromatic N) is 3. The normalized spacial score (nSPS) is 10.5. The van der Waals surface area contributed by atoms with Crippen molar-refractivity contribution in [1.29, 1.82) is 0 Å². The maximum atomic E-state index is 12.2. The molecule has 0 aliphatic carbocycles. The second kappa shape index (κ2) is 9.13. The molecule has 3 N–H and O–H groups in total. The molecule has 3 aromatic carbocycles. The molecule has 0 bridgehead atoms. The summed E-state index contributed by atoms with van der Waals surface area (Å²) >= 11 is 0. The van der Waals surface area contributed by atoms with E-state index in [1.54, 1.807) is 25.1 Å². The molecule has 160 valence electrons. The first-order valence-electron chi connectivity index (χ1n) is 10.0. The lowest BCUT2D eigenvalue weighted by Crippen LogP contribution is -2.38. The molecule has 32 heavy (non-hydrogen) atoms. The molecule has 1 heterocycles. The quantitative estimate of drug-likeness (QED) is 0.384. The largest absolute Gasteiger partial charge is 0.465 e. The van der Waals surface area contributed by atoms with Crippen LogP contribution in [0.25, 0.3) is 22.0 Å². The van der Waals surface area contributed by atoms with Crippen LogP contribution in [0, 0.1) is 0 Å². The Labute approximate surface area is 184 Å². The van der Waals surface area contributed by atoms with E-state index in [1.165, 1.54) is 6.33 Å². The molecular formula is C24H21N5O3. The van der Waals surface area contributed by atoms with Gasteiger partial charge >= 0.3 is 12.1 Å². The first-order valence-corrected chi connectivity index (χ1v) is 10.0. The topological polar surface area (TPSA) is 107 Å². The average Bonchev–Trinajstić information content (AvgIpc) is 2.81. The zero-order valence-corrected chi connectivity index (χ0v) is 17.3. The molecule has 8 nitrogen and oxygen atoms in total. The van der Waals surface area contributed by atoms with E-state index in [-0.39, 0.29) is 6.54 Å². The summed E-state index contributed by atoms with van der Waals surface area (Å²) in [6.45, 7) is 1.64. The number of fused-ring (bicyclic) bond motifs is 1. The van der Waals surface area contributed by atoms with Gasteiger partial charge in [0.05, 0.1) is 5.52 Å². The van der Waals surface area contributed by atoms with E-state index < -0.39 is 12.1 Å². The minimum absolute atomic E-state index is 0.0453. The van der Waals surface area contributed by atoms with Crippen LogP contribution in [-0.2, 0) is 0 Å². The van der Waals surface area contributed by atoms with Crippen molar-refractivity contribution < 1.29 is 14.7 Å². The highest BCUT2D eigenvalue weighted by Crippen LogP contribution is 2.27. The van der Waals surface area contributed by atoms with E-state index in [2.05, 4.69) is 32.7 Å². The van der Waals surface area contributed by atoms with Gasteiger partial charge in [-0.1, -0.05) is 42.5 Å². The Morgan fingerprint density at radius 1 is 0.906 bits per heavy atom. The summed E-state index contributed by atoms with van der Waals surface area (Å²) in [5, 5.41) is 15.7. The van der Waals surface area contributed by atoms with Gasteiger partial charge in [0, 0.05) is 23.3 Å². The van der Waals surface area contributed by atoms with Gasteiger partial charge in [-0.2, -0.15) is 0 Å². The van der Waals surface area contributed by atoms with Crippen molar-refractivity contribution in [1.82, 2.24) is 14.9 Å². The standard InChI is InChI=1S/C24H21N5O3/c1-2-29(24(31)32)23(30)28-19-12-13-21-20(14-19)22(26-15-25-21)27-18-10-8-17(9-11-18)16-6-4-3-5-7-16/h3-15H,2H2,1H3,(H,28,30)(H,31,32)(H,25,26,27). The minimum atomic E-state index is -1.31. The molecular weight excluding hydrogens is 406 g/mol. The average molecular weight is 427 g/mol. The molecule has 4 aromatic rings. The van der Waals surface area contributed by atoms with Crippen molar-refractivity contribution in [3.8, 4) is 11.1 Å². The number of imide groups is 1. The van der Waals surface area contributed by atoms with Crippen LogP contribution in [0.1, 0.15) is 6.92 Å². The van der Waals surface area contributed by atoms with Crippen molar-refractivity contribution in [2.75, 3.05) is 17.2 Å². The molecule has 0 unspecified atom stereocenters. The molecule has 3 amide bonds. The number of anilines is 3. The number of carboxylic acid groups (broad SMARTS) is 1. The summed E-state index contributed by atoms with van der Waals surface area (Å²) in [7, 11) is 0. The Kier molecular flexibility index (Phi) is 5.94. The Balaban J connectivity index is 1.58. The van der Waals surface area contributed by atoms with Gasteiger partial charge in [-0.25, -0.2) is 24.5 Å². The van der Waals surface area contributed by atoms with Gasteiger partial charge in [-0.05, 0) is 48.4 Å². The fraction of sp³-hybridized carbons (Fsp3) is 0.0833. The Bertz CT molecular complexity index is 1260. The lowest BCUT2D eigenvalue weighted by atomic mass is 10.1. The zero-order chi connectivity index (χ0) is 22.5. The predicted molar refractivity (Wildman–Crippen MR) is 124 cm³/mol. The van der Waals surface area contributed by atoms with E-state index in [9.17, 15) is 9.59 Å². The van der Waals surface area contributed by atoms with Gasteiger partial charge in [-0.3, -0.25) is 0 Å². The van der Waals surface area contributed by atoms with Crippen molar-refractivity contribution in [2.24, 2.45) is 0 Å². The van der Waals surface area contributed by atoms with Gasteiger partial charge in [0.1, 0.15) is 12.1 Å². The highest BCUT2D eigenvalue weighted by atomic mass is 16.4. The smallest absolute Gasteiger partial charge is 0.415 e. The van der Waals surface area contributed by atoms with Gasteiger partial charge in [0.2, 0.25) is 0 Å². The first-order chi connectivity index (χ1) is 15.5. The summed E-state index contributed by atoms with van der Waals surface area (Å²) < 4.78 is 0. The second-order valence-corrected chi connectivity index (χ2v) is 6.98. The van der Waals surface area contributed by atoms with Crippen LogP contribution in [0.4, 0.5) is 26.8 Å². The molecule has 0 aliphatic rings. The summed E-state index contributed by atoms with van der Waals surface area (Å²) in [4.78, 5) is 32.7. The number of aromatic nitrogens is 2. The lowest BCUT2D eigenvalue weighted by Gasteiger charge is -2.16. The molecule has 0 fully saturated rings. The molecule has 4 rings (SSSR count). The summed E-state index contributed by atoms with van der Waals surface area (Å²) in [5.74, 6) is 0.573. The lowest BCUT2D eigenvalue weighted by molar-refractivity contribution is 0.154. The van der Waals surface area contributed by atoms with Crippen LogP contribution in [0.15, 0.2) is 79.1 Å². The van der Waals surface area contributed by atoms with Crippen molar-refractivity contribution in [2.45, 2.75) is 6.92 Å². The third-order valence-corrected chi connectivity index (χ3v) is 4.93. The molecule has 1 aromatic heterocycles. The maximum absolute atomic E-state index is 12.2. The van der Waals surface area contributed by atoms with E-state index in [0.29, 0.717) is 27.3 Å².